The molecular weight excluding hydrogens is 378 g/mol. The van der Waals surface area contributed by atoms with Gasteiger partial charge in [-0.3, -0.25) is 4.57 Å². The molecule has 0 aliphatic rings. The van der Waals surface area contributed by atoms with E-state index in [0.717, 1.165) is 50.9 Å². The van der Waals surface area contributed by atoms with E-state index in [1.165, 1.54) is 6.33 Å². The molecule has 7 nitrogen and oxygen atoms in total. The summed E-state index contributed by atoms with van der Waals surface area (Å²) in [6.07, 6.45) is 2.33. The number of pyridine rings is 1. The van der Waals surface area contributed by atoms with Crippen LogP contribution in [0, 0.1) is 20.8 Å². The molecule has 0 saturated carbocycles. The number of aryl methyl sites for hydroxylation is 2. The van der Waals surface area contributed by atoms with E-state index >= 15 is 0 Å². The van der Waals surface area contributed by atoms with E-state index in [2.05, 4.69) is 23.0 Å². The van der Waals surface area contributed by atoms with Gasteiger partial charge in [-0.1, -0.05) is 13.0 Å². The zero-order valence-electron chi connectivity index (χ0n) is 18.0. The summed E-state index contributed by atoms with van der Waals surface area (Å²) in [5.41, 5.74) is 12.2. The fraction of sp³-hybridized carbons (Fsp3) is 0.348. The van der Waals surface area contributed by atoms with Gasteiger partial charge in [0.1, 0.15) is 23.5 Å². The quantitative estimate of drug-likeness (QED) is 0.501. The first kappa shape index (κ1) is 20.1. The summed E-state index contributed by atoms with van der Waals surface area (Å²) in [4.78, 5) is 13.7. The average molecular weight is 406 g/mol. The summed E-state index contributed by atoms with van der Waals surface area (Å²) in [6, 6.07) is 5.68. The summed E-state index contributed by atoms with van der Waals surface area (Å²) < 4.78 is 7.93. The molecule has 0 amide bonds. The van der Waals surface area contributed by atoms with Crippen LogP contribution in [0.3, 0.4) is 0 Å². The minimum Gasteiger partial charge on any atom is -0.508 e. The van der Waals surface area contributed by atoms with Crippen molar-refractivity contribution in [2.45, 2.75) is 47.1 Å². The fourth-order valence-electron chi connectivity index (χ4n) is 4.06. The Morgan fingerprint density at radius 3 is 2.67 bits per heavy atom. The highest BCUT2D eigenvalue weighted by Gasteiger charge is 2.23. The van der Waals surface area contributed by atoms with E-state index in [9.17, 15) is 5.11 Å². The average Bonchev–Trinajstić information content (AvgIpc) is 3.03. The van der Waals surface area contributed by atoms with Gasteiger partial charge in [-0.2, -0.15) is 0 Å². The number of aromatic nitrogens is 4. The first-order chi connectivity index (χ1) is 14.3. The summed E-state index contributed by atoms with van der Waals surface area (Å²) in [5, 5.41) is 12.0. The smallest absolute Gasteiger partial charge is 0.152 e. The molecule has 3 aromatic heterocycles. The van der Waals surface area contributed by atoms with Crippen LogP contribution < -0.4 is 5.73 Å². The third kappa shape index (κ3) is 3.06. The van der Waals surface area contributed by atoms with Crippen molar-refractivity contribution in [2.75, 3.05) is 12.3 Å². The van der Waals surface area contributed by atoms with Crippen molar-refractivity contribution in [3.05, 3.63) is 46.9 Å². The number of aromatic hydroxyl groups is 1. The molecule has 0 spiro atoms. The molecule has 0 aliphatic carbocycles. The summed E-state index contributed by atoms with van der Waals surface area (Å²) in [5.74, 6) is 0.625. The zero-order valence-corrected chi connectivity index (χ0v) is 18.0. The summed E-state index contributed by atoms with van der Waals surface area (Å²) in [7, 11) is 0. The Kier molecular flexibility index (Phi) is 5.07. The largest absolute Gasteiger partial charge is 0.508 e. The Morgan fingerprint density at radius 2 is 1.93 bits per heavy atom. The lowest BCUT2D eigenvalue weighted by molar-refractivity contribution is 0.0657. The molecule has 1 unspecified atom stereocenters. The molecule has 1 aromatic carbocycles. The lowest BCUT2D eigenvalue weighted by Gasteiger charge is -2.17. The molecule has 7 heteroatoms. The molecule has 1 atom stereocenters. The molecule has 0 saturated heterocycles. The molecule has 156 valence electrons. The maximum absolute atomic E-state index is 10.4. The van der Waals surface area contributed by atoms with Crippen LogP contribution in [0.5, 0.6) is 5.75 Å². The van der Waals surface area contributed by atoms with E-state index in [-0.39, 0.29) is 11.9 Å². The highest BCUT2D eigenvalue weighted by atomic mass is 16.5. The topological polar surface area (TPSA) is 99.1 Å². The van der Waals surface area contributed by atoms with Crippen molar-refractivity contribution >= 4 is 27.9 Å². The Balaban J connectivity index is 2.11. The van der Waals surface area contributed by atoms with Gasteiger partial charge in [0.2, 0.25) is 0 Å². The van der Waals surface area contributed by atoms with Crippen LogP contribution in [-0.2, 0) is 4.74 Å². The zero-order chi connectivity index (χ0) is 21.6. The molecule has 0 aliphatic heterocycles. The van der Waals surface area contributed by atoms with Crippen LogP contribution in [-0.4, -0.2) is 31.2 Å². The number of phenols is 1. The fourth-order valence-corrected chi connectivity index (χ4v) is 4.06. The van der Waals surface area contributed by atoms with E-state index in [1.54, 1.807) is 6.07 Å². The van der Waals surface area contributed by atoms with Crippen LogP contribution in [0.1, 0.15) is 48.8 Å². The first-order valence-electron chi connectivity index (χ1n) is 10.2. The van der Waals surface area contributed by atoms with Crippen LogP contribution >= 0.6 is 0 Å². The molecular formula is C23H27N5O2. The van der Waals surface area contributed by atoms with Gasteiger partial charge in [0.05, 0.1) is 17.2 Å². The van der Waals surface area contributed by atoms with Crippen LogP contribution in [0.15, 0.2) is 24.5 Å². The van der Waals surface area contributed by atoms with Crippen molar-refractivity contribution in [1.29, 1.82) is 0 Å². The second-order valence-electron chi connectivity index (χ2n) is 7.72. The number of nitrogens with two attached hydrogens (primary N) is 1. The highest BCUT2D eigenvalue weighted by molar-refractivity contribution is 6.11. The van der Waals surface area contributed by atoms with Crippen LogP contribution in [0.25, 0.3) is 27.8 Å². The molecule has 3 heterocycles. The van der Waals surface area contributed by atoms with Gasteiger partial charge < -0.3 is 15.6 Å². The van der Waals surface area contributed by atoms with E-state index in [4.69, 9.17) is 15.5 Å². The van der Waals surface area contributed by atoms with E-state index in [0.29, 0.717) is 18.1 Å². The Bertz CT molecular complexity index is 1260. The number of anilines is 1. The minimum absolute atomic E-state index is 0.0876. The van der Waals surface area contributed by atoms with Gasteiger partial charge in [-0.05, 0) is 51.8 Å². The van der Waals surface area contributed by atoms with Gasteiger partial charge in [0.15, 0.2) is 5.65 Å². The minimum atomic E-state index is -0.0876. The molecule has 3 N–H and O–H groups in total. The number of fused-ring (bicyclic) bond motifs is 3. The number of phenolic OH excluding ortho intramolecular Hbond substituents is 1. The lowest BCUT2D eigenvalue weighted by Crippen LogP contribution is -2.06. The number of hydrogen-bond donors (Lipinski definition) is 2. The number of rotatable bonds is 5. The first-order valence-corrected chi connectivity index (χ1v) is 10.2. The van der Waals surface area contributed by atoms with Gasteiger partial charge in [-0.15, -0.1) is 0 Å². The monoisotopic (exact) mass is 405 g/mol. The van der Waals surface area contributed by atoms with Crippen molar-refractivity contribution in [1.82, 2.24) is 19.5 Å². The summed E-state index contributed by atoms with van der Waals surface area (Å²) in [6.45, 7) is 10.7. The number of hydrogen-bond acceptors (Lipinski definition) is 6. The maximum atomic E-state index is 10.4. The molecule has 30 heavy (non-hydrogen) atoms. The van der Waals surface area contributed by atoms with Crippen molar-refractivity contribution in [2.24, 2.45) is 0 Å². The maximum Gasteiger partial charge on any atom is 0.152 e. The number of nitrogens with zero attached hydrogens (tertiary/aromatic N) is 4. The Labute approximate surface area is 175 Å². The molecule has 4 aromatic rings. The normalized spacial score (nSPS) is 12.7. The van der Waals surface area contributed by atoms with Crippen molar-refractivity contribution in [3.8, 4) is 11.4 Å². The van der Waals surface area contributed by atoms with E-state index < -0.39 is 0 Å². The predicted molar refractivity (Wildman–Crippen MR) is 119 cm³/mol. The second kappa shape index (κ2) is 7.57. The van der Waals surface area contributed by atoms with Gasteiger partial charge in [-0.25, -0.2) is 15.0 Å². The lowest BCUT2D eigenvalue weighted by atomic mass is 10.1. The molecule has 0 bridgehead atoms. The predicted octanol–water partition coefficient (Wildman–Crippen LogP) is 4.67. The number of ether oxygens (including phenoxy) is 1. The Hall–Kier alpha value is -3.19. The van der Waals surface area contributed by atoms with Crippen molar-refractivity contribution in [3.63, 3.8) is 0 Å². The molecule has 0 fully saturated rings. The molecule has 0 radical (unpaired) electrons. The highest BCUT2D eigenvalue weighted by Crippen LogP contribution is 2.38. The number of nitrogen functional groups attached to an aromatic ring is 1. The SMILES string of the molecule is CCCOC(C)c1cc2c3c(N)ncnc3n(-c3c(C)ccc(O)c3C)c2nc1C. The third-order valence-corrected chi connectivity index (χ3v) is 5.62. The van der Waals surface area contributed by atoms with Crippen LogP contribution in [0.2, 0.25) is 0 Å². The molecule has 4 rings (SSSR count). The number of benzene rings is 1. The Morgan fingerprint density at radius 1 is 1.17 bits per heavy atom. The third-order valence-electron chi connectivity index (χ3n) is 5.62. The van der Waals surface area contributed by atoms with Crippen LogP contribution in [0.4, 0.5) is 5.82 Å². The van der Waals surface area contributed by atoms with Gasteiger partial charge >= 0.3 is 0 Å². The van der Waals surface area contributed by atoms with Gasteiger partial charge in [0, 0.05) is 28.8 Å². The van der Waals surface area contributed by atoms with E-state index in [1.807, 2.05) is 38.3 Å². The van der Waals surface area contributed by atoms with Gasteiger partial charge in [0.25, 0.3) is 0 Å². The summed E-state index contributed by atoms with van der Waals surface area (Å²) >= 11 is 0. The second-order valence-corrected chi connectivity index (χ2v) is 7.72. The van der Waals surface area contributed by atoms with Crippen molar-refractivity contribution < 1.29 is 9.84 Å². The standard InChI is InChI=1S/C23H27N5O2/c1-6-9-30-15(5)16-10-17-19-21(24)25-11-26-23(19)28(22(17)27-14(16)4)20-12(2)7-8-18(29)13(20)3/h7-8,10-11,15,29H,6,9H2,1-5H3,(H2,24,25,26).